The first-order chi connectivity index (χ1) is 8.69. The monoisotopic (exact) mass is 264 g/mol. The van der Waals surface area contributed by atoms with Gasteiger partial charge in [0, 0.05) is 38.0 Å². The minimum atomic E-state index is 0.0406. The first kappa shape index (κ1) is 13.3. The highest BCUT2D eigenvalue weighted by Gasteiger charge is 2.19. The van der Waals surface area contributed by atoms with Crippen LogP contribution in [-0.2, 0) is 6.42 Å². The van der Waals surface area contributed by atoms with Gasteiger partial charge in [-0.15, -0.1) is 11.3 Å². The summed E-state index contributed by atoms with van der Waals surface area (Å²) in [6.45, 7) is 3.69. The molecule has 5 heteroatoms. The van der Waals surface area contributed by atoms with Gasteiger partial charge in [-0.2, -0.15) is 5.26 Å². The van der Waals surface area contributed by atoms with E-state index in [0.717, 1.165) is 36.4 Å². The van der Waals surface area contributed by atoms with E-state index in [1.165, 1.54) is 12.8 Å². The summed E-state index contributed by atoms with van der Waals surface area (Å²) in [6, 6.07) is 3.02. The quantitative estimate of drug-likeness (QED) is 0.819. The molecule has 1 aliphatic carbocycles. The van der Waals surface area contributed by atoms with Crippen molar-refractivity contribution in [1.29, 1.82) is 5.26 Å². The molecule has 1 unspecified atom stereocenters. The van der Waals surface area contributed by atoms with Crippen molar-refractivity contribution in [3.05, 3.63) is 11.1 Å². The number of rotatable bonds is 7. The summed E-state index contributed by atoms with van der Waals surface area (Å²) in [5.41, 5.74) is 1.15. The fourth-order valence-corrected chi connectivity index (χ4v) is 2.64. The Labute approximate surface area is 113 Å². The van der Waals surface area contributed by atoms with E-state index in [1.807, 2.05) is 14.0 Å². The summed E-state index contributed by atoms with van der Waals surface area (Å²) >= 11 is 1.66. The van der Waals surface area contributed by atoms with Crippen LogP contribution in [0.25, 0.3) is 0 Å². The summed E-state index contributed by atoms with van der Waals surface area (Å²) in [7, 11) is 2.00. The van der Waals surface area contributed by atoms with Crippen LogP contribution in [0.1, 0.15) is 25.5 Å². The molecule has 0 aliphatic heterocycles. The van der Waals surface area contributed by atoms with Crippen molar-refractivity contribution in [2.45, 2.75) is 32.2 Å². The number of nitriles is 1. The highest BCUT2D eigenvalue weighted by Crippen LogP contribution is 2.21. The molecule has 1 N–H and O–H groups in total. The lowest BCUT2D eigenvalue weighted by atomic mass is 10.2. The molecule has 1 fully saturated rings. The number of anilines is 1. The van der Waals surface area contributed by atoms with Gasteiger partial charge in [-0.1, -0.05) is 0 Å². The topological polar surface area (TPSA) is 52.0 Å². The minimum Gasteiger partial charge on any atom is -0.350 e. The van der Waals surface area contributed by atoms with Crippen LogP contribution in [0.15, 0.2) is 5.38 Å². The highest BCUT2D eigenvalue weighted by molar-refractivity contribution is 7.13. The smallest absolute Gasteiger partial charge is 0.185 e. The van der Waals surface area contributed by atoms with E-state index in [2.05, 4.69) is 26.6 Å². The van der Waals surface area contributed by atoms with Crippen LogP contribution in [0.5, 0.6) is 0 Å². The van der Waals surface area contributed by atoms with E-state index in [4.69, 9.17) is 5.26 Å². The molecule has 1 heterocycles. The average Bonchev–Trinajstić information content (AvgIpc) is 3.05. The van der Waals surface area contributed by atoms with Crippen molar-refractivity contribution in [3.63, 3.8) is 0 Å². The zero-order valence-corrected chi connectivity index (χ0v) is 11.8. The summed E-state index contributed by atoms with van der Waals surface area (Å²) < 4.78 is 0. The molecule has 18 heavy (non-hydrogen) atoms. The van der Waals surface area contributed by atoms with Crippen molar-refractivity contribution >= 4 is 16.5 Å². The van der Waals surface area contributed by atoms with E-state index in [-0.39, 0.29) is 5.92 Å². The number of hydrogen-bond donors (Lipinski definition) is 1. The molecule has 0 amide bonds. The molecule has 0 saturated heterocycles. The summed E-state index contributed by atoms with van der Waals surface area (Å²) in [6.07, 6.45) is 3.66. The van der Waals surface area contributed by atoms with E-state index in [9.17, 15) is 0 Å². The maximum absolute atomic E-state index is 8.81. The van der Waals surface area contributed by atoms with Crippen LogP contribution in [0.2, 0.25) is 0 Å². The van der Waals surface area contributed by atoms with Crippen molar-refractivity contribution in [3.8, 4) is 6.07 Å². The van der Waals surface area contributed by atoms with Gasteiger partial charge in [0.15, 0.2) is 5.13 Å². The Kier molecular flexibility index (Phi) is 4.56. The Morgan fingerprint density at radius 2 is 2.44 bits per heavy atom. The SMILES string of the molecule is CC(C#N)CN(C)c1nc(CCNC2CC2)cs1. The van der Waals surface area contributed by atoms with Crippen LogP contribution >= 0.6 is 11.3 Å². The second-order valence-corrected chi connectivity index (χ2v) is 5.85. The molecule has 98 valence electrons. The molecule has 1 aliphatic rings. The number of hydrogen-bond acceptors (Lipinski definition) is 5. The van der Waals surface area contributed by atoms with E-state index in [1.54, 1.807) is 11.3 Å². The molecule has 1 atom stereocenters. The molecule has 2 rings (SSSR count). The maximum Gasteiger partial charge on any atom is 0.185 e. The van der Waals surface area contributed by atoms with Crippen molar-refractivity contribution < 1.29 is 0 Å². The summed E-state index contributed by atoms with van der Waals surface area (Å²) in [4.78, 5) is 6.68. The van der Waals surface area contributed by atoms with Gasteiger partial charge in [0.05, 0.1) is 17.7 Å². The molecule has 0 aromatic carbocycles. The van der Waals surface area contributed by atoms with Gasteiger partial charge < -0.3 is 10.2 Å². The predicted molar refractivity (Wildman–Crippen MR) is 74.9 cm³/mol. The maximum atomic E-state index is 8.81. The van der Waals surface area contributed by atoms with Crippen LogP contribution < -0.4 is 10.2 Å². The van der Waals surface area contributed by atoms with Gasteiger partial charge in [-0.25, -0.2) is 4.98 Å². The molecule has 1 saturated carbocycles. The predicted octanol–water partition coefficient (Wildman–Crippen LogP) is 2.03. The first-order valence-electron chi connectivity index (χ1n) is 6.47. The van der Waals surface area contributed by atoms with Crippen LogP contribution in [0.4, 0.5) is 5.13 Å². The Morgan fingerprint density at radius 3 is 3.11 bits per heavy atom. The lowest BCUT2D eigenvalue weighted by molar-refractivity contribution is 0.675. The molecule has 4 nitrogen and oxygen atoms in total. The molecule has 1 aromatic rings. The molecule has 0 spiro atoms. The van der Waals surface area contributed by atoms with Crippen molar-refractivity contribution in [2.24, 2.45) is 5.92 Å². The Balaban J connectivity index is 1.78. The number of thiazole rings is 1. The van der Waals surface area contributed by atoms with Crippen LogP contribution in [-0.4, -0.2) is 31.2 Å². The minimum absolute atomic E-state index is 0.0406. The summed E-state index contributed by atoms with van der Waals surface area (Å²) in [5.74, 6) is 0.0406. The summed E-state index contributed by atoms with van der Waals surface area (Å²) in [5, 5.41) is 15.4. The third-order valence-corrected chi connectivity index (χ3v) is 4.03. The van der Waals surface area contributed by atoms with Gasteiger partial charge in [0.1, 0.15) is 0 Å². The van der Waals surface area contributed by atoms with Crippen molar-refractivity contribution in [2.75, 3.05) is 25.0 Å². The Bertz CT molecular complexity index is 419. The molecular formula is C13H20N4S. The molecule has 1 aromatic heterocycles. The second kappa shape index (κ2) is 6.17. The van der Waals surface area contributed by atoms with Gasteiger partial charge in [0.25, 0.3) is 0 Å². The fourth-order valence-electron chi connectivity index (χ4n) is 1.81. The van der Waals surface area contributed by atoms with Gasteiger partial charge in [0.2, 0.25) is 0 Å². The molecular weight excluding hydrogens is 244 g/mol. The first-order valence-corrected chi connectivity index (χ1v) is 7.35. The number of nitrogens with one attached hydrogen (secondary N) is 1. The Morgan fingerprint density at radius 1 is 1.67 bits per heavy atom. The largest absolute Gasteiger partial charge is 0.350 e. The number of aromatic nitrogens is 1. The lowest BCUT2D eigenvalue weighted by Crippen LogP contribution is -2.23. The van der Waals surface area contributed by atoms with E-state index >= 15 is 0 Å². The third-order valence-electron chi connectivity index (χ3n) is 3.03. The lowest BCUT2D eigenvalue weighted by Gasteiger charge is -2.16. The molecule has 0 radical (unpaired) electrons. The Hall–Kier alpha value is -1.12. The zero-order chi connectivity index (χ0) is 13.0. The van der Waals surface area contributed by atoms with E-state index < -0.39 is 0 Å². The van der Waals surface area contributed by atoms with Crippen LogP contribution in [0.3, 0.4) is 0 Å². The third kappa shape index (κ3) is 3.97. The highest BCUT2D eigenvalue weighted by atomic mass is 32.1. The van der Waals surface area contributed by atoms with Gasteiger partial charge in [-0.3, -0.25) is 0 Å². The number of nitrogens with zero attached hydrogens (tertiary/aromatic N) is 3. The fraction of sp³-hybridized carbons (Fsp3) is 0.692. The van der Waals surface area contributed by atoms with Gasteiger partial charge >= 0.3 is 0 Å². The molecule has 0 bridgehead atoms. The zero-order valence-electron chi connectivity index (χ0n) is 11.0. The normalized spacial score (nSPS) is 16.3. The second-order valence-electron chi connectivity index (χ2n) is 5.01. The van der Waals surface area contributed by atoms with E-state index in [0.29, 0.717) is 0 Å². The van der Waals surface area contributed by atoms with Crippen molar-refractivity contribution in [1.82, 2.24) is 10.3 Å². The standard InChI is InChI=1S/C13H20N4S/c1-10(7-14)8-17(2)13-16-12(9-18-13)5-6-15-11-3-4-11/h9-11,15H,3-6,8H2,1-2H3. The van der Waals surface area contributed by atoms with Gasteiger partial charge in [-0.05, 0) is 19.8 Å². The average molecular weight is 264 g/mol. The van der Waals surface area contributed by atoms with Crippen LogP contribution in [0, 0.1) is 17.2 Å².